The maximum absolute atomic E-state index is 13.8. The molecule has 2 aromatic heterocycles. The fourth-order valence-corrected chi connectivity index (χ4v) is 9.90. The third-order valence-electron chi connectivity index (χ3n) is 13.3. The lowest BCUT2D eigenvalue weighted by atomic mass is 9.84. The molecule has 5 aliphatic rings. The topological polar surface area (TPSA) is 168 Å². The highest BCUT2D eigenvalue weighted by Gasteiger charge is 2.52. The molecule has 2 aromatic carbocycles. The van der Waals surface area contributed by atoms with Gasteiger partial charge in [0.2, 0.25) is 11.8 Å². The van der Waals surface area contributed by atoms with E-state index in [2.05, 4.69) is 57.3 Å². The molecule has 3 aliphatic heterocycles. The second-order valence-electron chi connectivity index (χ2n) is 17.6. The molecule has 0 bridgehead atoms. The molecule has 4 aromatic rings. The van der Waals surface area contributed by atoms with E-state index in [4.69, 9.17) is 30.9 Å². The maximum atomic E-state index is 13.8. The quantitative estimate of drug-likeness (QED) is 0.163. The molecule has 6 atom stereocenters. The second-order valence-corrected chi connectivity index (χ2v) is 17.6. The van der Waals surface area contributed by atoms with E-state index in [0.717, 1.165) is 78.0 Å². The van der Waals surface area contributed by atoms with Gasteiger partial charge in [-0.25, -0.2) is 9.97 Å². The van der Waals surface area contributed by atoms with E-state index in [1.165, 1.54) is 23.1 Å². The van der Waals surface area contributed by atoms with Gasteiger partial charge in [-0.1, -0.05) is 64.8 Å². The van der Waals surface area contributed by atoms with E-state index in [1.54, 1.807) is 4.90 Å². The summed E-state index contributed by atoms with van der Waals surface area (Å²) in [5, 5.41) is 0. The van der Waals surface area contributed by atoms with Gasteiger partial charge < -0.3 is 40.7 Å². The van der Waals surface area contributed by atoms with Crippen molar-refractivity contribution in [2.24, 2.45) is 29.2 Å². The van der Waals surface area contributed by atoms with Crippen LogP contribution in [-0.4, -0.2) is 85.2 Å². The Morgan fingerprint density at radius 2 is 1.62 bits per heavy atom. The monoisotopic (exact) mass is 760 g/mol. The van der Waals surface area contributed by atoms with Crippen LogP contribution in [0.4, 0.5) is 0 Å². The number of nitrogens with one attached hydrogen (secondary N) is 2. The predicted molar refractivity (Wildman–Crippen MR) is 216 cm³/mol. The molecule has 9 rings (SSSR count). The van der Waals surface area contributed by atoms with Crippen molar-refractivity contribution >= 4 is 34.5 Å². The fourth-order valence-electron chi connectivity index (χ4n) is 9.90. The van der Waals surface area contributed by atoms with Crippen LogP contribution in [0, 0.1) is 17.8 Å². The van der Waals surface area contributed by atoms with Crippen LogP contribution >= 0.6 is 0 Å². The Bertz CT molecular complexity index is 2160. The van der Waals surface area contributed by atoms with Crippen LogP contribution in [0.5, 0.6) is 0 Å². The Balaban J connectivity index is 0.942. The number of aryl methyl sites for hydroxylation is 1. The zero-order valence-corrected chi connectivity index (χ0v) is 33.1. The number of aromatic amines is 2. The first-order valence-corrected chi connectivity index (χ1v) is 20.8. The molecular formula is C44H56N8O4. The summed E-state index contributed by atoms with van der Waals surface area (Å²) in [5.41, 5.74) is 21.6. The smallest absolute Gasteiger partial charge is 0.240 e. The largest absolute Gasteiger partial charge is 0.346 e. The molecule has 12 heteroatoms. The number of likely N-dealkylation sites (tertiary alicyclic amines) is 2. The summed E-state index contributed by atoms with van der Waals surface area (Å²) in [5.74, 6) is 1.31. The number of allylic oxidation sites excluding steroid dienone is 1. The van der Waals surface area contributed by atoms with Crippen LogP contribution in [0.2, 0.25) is 0 Å². The number of carbonyl (C=O) groups is 2. The molecular weight excluding hydrogens is 705 g/mol. The van der Waals surface area contributed by atoms with E-state index >= 15 is 0 Å². The number of aromatic nitrogens is 4. The molecule has 6 N–H and O–H groups in total. The Morgan fingerprint density at radius 1 is 0.875 bits per heavy atom. The average molecular weight is 761 g/mol. The lowest BCUT2D eigenvalue weighted by Gasteiger charge is -2.35. The Hall–Kier alpha value is -4.36. The standard InChI is InChI=1S/C44H56N8O4/c1-24(2)38(45)42(53)51-23-44(55-15-16-56-44)21-37(51)41-48-32-14-13-29(19-33(32)49-41)27-9-10-28-18-30(12-11-26(28)17-27)34-22-47-40(50-34)36-20-31-7-5-6-8-35(31)52(36)43(54)39(46)25(3)4/h11-14,17-19,22,24-25,31,35-39H,5-10,15-16,20-21,23,45-46H2,1-4H3,(H,47,50)(H,48,49). The van der Waals surface area contributed by atoms with E-state index in [1.807, 2.05) is 33.9 Å². The van der Waals surface area contributed by atoms with Crippen molar-refractivity contribution in [3.63, 3.8) is 0 Å². The van der Waals surface area contributed by atoms with Gasteiger partial charge in [0.15, 0.2) is 5.79 Å². The Kier molecular flexibility index (Phi) is 9.67. The van der Waals surface area contributed by atoms with Gasteiger partial charge in [-0.05, 0) is 95.9 Å². The number of H-pyrrole nitrogens is 2. The van der Waals surface area contributed by atoms with Crippen LogP contribution in [0.1, 0.15) is 113 Å². The van der Waals surface area contributed by atoms with Crippen molar-refractivity contribution in [2.45, 2.75) is 115 Å². The number of hydrogen-bond acceptors (Lipinski definition) is 8. The first-order chi connectivity index (χ1) is 27.0. The molecule has 3 saturated heterocycles. The van der Waals surface area contributed by atoms with Crippen molar-refractivity contribution in [3.05, 3.63) is 70.9 Å². The van der Waals surface area contributed by atoms with Crippen molar-refractivity contribution in [3.8, 4) is 11.3 Å². The lowest BCUT2D eigenvalue weighted by molar-refractivity contribution is -0.153. The minimum atomic E-state index is -0.820. The van der Waals surface area contributed by atoms with Crippen molar-refractivity contribution in [1.29, 1.82) is 0 Å². The van der Waals surface area contributed by atoms with Crippen molar-refractivity contribution < 1.29 is 19.1 Å². The van der Waals surface area contributed by atoms with Crippen molar-refractivity contribution in [1.82, 2.24) is 29.7 Å². The van der Waals surface area contributed by atoms with Gasteiger partial charge in [-0.15, -0.1) is 0 Å². The van der Waals surface area contributed by atoms with Gasteiger partial charge >= 0.3 is 0 Å². The number of fused-ring (bicyclic) bond motifs is 3. The van der Waals surface area contributed by atoms with Crippen LogP contribution in [0.15, 0.2) is 42.6 Å². The number of rotatable bonds is 8. The molecule has 12 nitrogen and oxygen atoms in total. The molecule has 296 valence electrons. The molecule has 56 heavy (non-hydrogen) atoms. The second kappa shape index (κ2) is 14.5. The maximum Gasteiger partial charge on any atom is 0.240 e. The van der Waals surface area contributed by atoms with E-state index in [-0.39, 0.29) is 41.8 Å². The number of amides is 2. The highest BCUT2D eigenvalue weighted by molar-refractivity contribution is 5.89. The number of nitrogens with two attached hydrogens (primary N) is 2. The van der Waals surface area contributed by atoms with Gasteiger partial charge in [0.25, 0.3) is 0 Å². The first-order valence-electron chi connectivity index (χ1n) is 20.8. The normalized spacial score (nSPS) is 25.6. The van der Waals surface area contributed by atoms with Gasteiger partial charge in [0.1, 0.15) is 11.6 Å². The van der Waals surface area contributed by atoms with Crippen LogP contribution < -0.4 is 11.5 Å². The zero-order chi connectivity index (χ0) is 38.9. The summed E-state index contributed by atoms with van der Waals surface area (Å²) in [7, 11) is 0. The van der Waals surface area contributed by atoms with Crippen molar-refractivity contribution in [2.75, 3.05) is 19.8 Å². The highest BCUT2D eigenvalue weighted by Crippen LogP contribution is 2.47. The number of ether oxygens (including phenoxy) is 2. The lowest BCUT2D eigenvalue weighted by Crippen LogP contribution is -2.50. The summed E-state index contributed by atoms with van der Waals surface area (Å²) < 4.78 is 12.1. The molecule has 5 heterocycles. The summed E-state index contributed by atoms with van der Waals surface area (Å²) >= 11 is 0. The predicted octanol–water partition coefficient (Wildman–Crippen LogP) is 6.26. The van der Waals surface area contributed by atoms with Gasteiger partial charge in [0.05, 0.1) is 66.9 Å². The summed E-state index contributed by atoms with van der Waals surface area (Å²) in [6.45, 7) is 9.33. The Morgan fingerprint density at radius 3 is 2.41 bits per heavy atom. The van der Waals surface area contributed by atoms with Crippen LogP contribution in [0.3, 0.4) is 0 Å². The minimum absolute atomic E-state index is 0.00680. The molecule has 1 spiro atoms. The summed E-state index contributed by atoms with van der Waals surface area (Å²) in [4.78, 5) is 48.3. The fraction of sp³-hybridized carbons (Fsp3) is 0.545. The van der Waals surface area contributed by atoms with E-state index in [9.17, 15) is 9.59 Å². The molecule has 1 saturated carbocycles. The highest BCUT2D eigenvalue weighted by atomic mass is 16.7. The average Bonchev–Trinajstić information content (AvgIpc) is 4.06. The first kappa shape index (κ1) is 37.2. The molecule has 4 fully saturated rings. The van der Waals surface area contributed by atoms with Gasteiger partial charge in [0, 0.05) is 12.5 Å². The summed E-state index contributed by atoms with van der Waals surface area (Å²) in [6, 6.07) is 11.7. The van der Waals surface area contributed by atoms with Gasteiger partial charge in [-0.2, -0.15) is 0 Å². The number of nitrogens with zero attached hydrogens (tertiary/aromatic N) is 4. The molecule has 2 aliphatic carbocycles. The molecule has 0 radical (unpaired) electrons. The Labute approximate surface area is 328 Å². The summed E-state index contributed by atoms with van der Waals surface area (Å²) in [6.07, 6.45) is 12.1. The van der Waals surface area contributed by atoms with Crippen LogP contribution in [0.25, 0.3) is 33.9 Å². The third kappa shape index (κ3) is 6.58. The zero-order valence-electron chi connectivity index (χ0n) is 33.1. The SMILES string of the molecule is CC(C)C(N)C(=O)N1CC2(CC1c1nc3ccc(C4=Cc5ccc(-c6cnc(C7CC8CCCCC8N7C(=O)C(N)C(C)C)[nH]6)cc5CC4)cc3[nH]1)OCCO2. The minimum Gasteiger partial charge on any atom is -0.346 e. The number of imidazole rings is 2. The number of benzene rings is 2. The molecule has 6 unspecified atom stereocenters. The third-order valence-corrected chi connectivity index (χ3v) is 13.3. The van der Waals surface area contributed by atoms with Crippen LogP contribution in [-0.2, 0) is 25.5 Å². The number of hydrogen-bond donors (Lipinski definition) is 4. The van der Waals surface area contributed by atoms with E-state index < -0.39 is 17.9 Å². The molecule has 2 amide bonds. The van der Waals surface area contributed by atoms with Gasteiger partial charge in [-0.3, -0.25) is 9.59 Å². The van der Waals surface area contributed by atoms with E-state index in [0.29, 0.717) is 32.1 Å². The number of carbonyl (C=O) groups excluding carboxylic acids is 2.